The van der Waals surface area contributed by atoms with Crippen molar-refractivity contribution in [3.05, 3.63) is 28.8 Å². The number of aryl methyl sites for hydroxylation is 1. The molecule has 2 rings (SSSR count). The van der Waals surface area contributed by atoms with Crippen LogP contribution in [0.5, 0.6) is 5.75 Å². The van der Waals surface area contributed by atoms with Crippen LogP contribution in [0.25, 0.3) is 0 Å². The molecule has 0 spiro atoms. The molecule has 1 heterocycles. The highest BCUT2D eigenvalue weighted by molar-refractivity contribution is 6.32. The maximum Gasteiger partial charge on any atom is 0.140 e. The van der Waals surface area contributed by atoms with E-state index in [0.717, 1.165) is 25.2 Å². The molecular weight excluding hydrogens is 236 g/mol. The molecule has 1 unspecified atom stereocenters. The van der Waals surface area contributed by atoms with Crippen molar-refractivity contribution in [2.45, 2.75) is 32.3 Å². The van der Waals surface area contributed by atoms with E-state index in [4.69, 9.17) is 21.1 Å². The first kappa shape index (κ1) is 12.7. The lowest BCUT2D eigenvalue weighted by Gasteiger charge is -2.12. The molecule has 0 N–H and O–H groups in total. The molecule has 1 aromatic carbocycles. The molecule has 1 aromatic rings. The number of halogens is 1. The van der Waals surface area contributed by atoms with E-state index < -0.39 is 0 Å². The Balaban J connectivity index is 1.97. The van der Waals surface area contributed by atoms with E-state index in [1.807, 2.05) is 12.1 Å². The standard InChI is InChI=1S/C14H19ClO2/c1-10-8-12(17-9-10)7-6-11-4-3-5-13(15)14(11)16-2/h3-5,10,12H,6-9H2,1-2H3/t10-,12?/m1/s1. The van der Waals surface area contributed by atoms with Crippen LogP contribution in [0, 0.1) is 5.92 Å². The Morgan fingerprint density at radius 1 is 1.47 bits per heavy atom. The van der Waals surface area contributed by atoms with Gasteiger partial charge >= 0.3 is 0 Å². The number of methoxy groups -OCH3 is 1. The van der Waals surface area contributed by atoms with Gasteiger partial charge in [0.05, 0.1) is 18.2 Å². The molecular formula is C14H19ClO2. The zero-order valence-corrected chi connectivity index (χ0v) is 11.2. The molecule has 2 nitrogen and oxygen atoms in total. The smallest absolute Gasteiger partial charge is 0.140 e. The monoisotopic (exact) mass is 254 g/mol. The van der Waals surface area contributed by atoms with Crippen molar-refractivity contribution in [2.24, 2.45) is 5.92 Å². The van der Waals surface area contributed by atoms with Crippen LogP contribution in [0.15, 0.2) is 18.2 Å². The topological polar surface area (TPSA) is 18.5 Å². The third-order valence-electron chi connectivity index (χ3n) is 3.27. The first-order valence-electron chi connectivity index (χ1n) is 6.13. The zero-order chi connectivity index (χ0) is 12.3. The van der Waals surface area contributed by atoms with Gasteiger partial charge in [-0.1, -0.05) is 30.7 Å². The highest BCUT2D eigenvalue weighted by atomic mass is 35.5. The van der Waals surface area contributed by atoms with Crippen LogP contribution in [0.4, 0.5) is 0 Å². The molecule has 17 heavy (non-hydrogen) atoms. The second-order valence-electron chi connectivity index (χ2n) is 4.77. The van der Waals surface area contributed by atoms with Crippen LogP contribution < -0.4 is 4.74 Å². The normalized spacial score (nSPS) is 23.9. The number of benzene rings is 1. The summed E-state index contributed by atoms with van der Waals surface area (Å²) in [7, 11) is 1.67. The summed E-state index contributed by atoms with van der Waals surface area (Å²) in [5.74, 6) is 1.50. The Morgan fingerprint density at radius 3 is 2.94 bits per heavy atom. The number of para-hydroxylation sites is 1. The summed E-state index contributed by atoms with van der Waals surface area (Å²) in [4.78, 5) is 0. The molecule has 0 amide bonds. The summed E-state index contributed by atoms with van der Waals surface area (Å²) in [6, 6.07) is 5.90. The Labute approximate surface area is 108 Å². The first-order chi connectivity index (χ1) is 8.20. The minimum Gasteiger partial charge on any atom is -0.495 e. The van der Waals surface area contributed by atoms with Crippen LogP contribution in [0.3, 0.4) is 0 Å². The van der Waals surface area contributed by atoms with Gasteiger partial charge in [-0.3, -0.25) is 0 Å². The molecule has 0 radical (unpaired) electrons. The van der Waals surface area contributed by atoms with Crippen LogP contribution in [-0.2, 0) is 11.2 Å². The van der Waals surface area contributed by atoms with Gasteiger partial charge in [0.15, 0.2) is 0 Å². The van der Waals surface area contributed by atoms with Gasteiger partial charge in [0.25, 0.3) is 0 Å². The van der Waals surface area contributed by atoms with Crippen molar-refractivity contribution in [2.75, 3.05) is 13.7 Å². The molecule has 0 saturated carbocycles. The van der Waals surface area contributed by atoms with Crippen LogP contribution in [0.2, 0.25) is 5.02 Å². The predicted octanol–water partition coefficient (Wildman–Crippen LogP) is 3.71. The van der Waals surface area contributed by atoms with Gasteiger partial charge in [-0.15, -0.1) is 0 Å². The lowest BCUT2D eigenvalue weighted by Crippen LogP contribution is -2.07. The number of hydrogen-bond acceptors (Lipinski definition) is 2. The maximum absolute atomic E-state index is 6.09. The summed E-state index contributed by atoms with van der Waals surface area (Å²) >= 11 is 6.09. The summed E-state index contributed by atoms with van der Waals surface area (Å²) in [6.45, 7) is 3.14. The fourth-order valence-corrected chi connectivity index (χ4v) is 2.65. The highest BCUT2D eigenvalue weighted by Crippen LogP contribution is 2.30. The predicted molar refractivity (Wildman–Crippen MR) is 69.8 cm³/mol. The van der Waals surface area contributed by atoms with Crippen molar-refractivity contribution in [3.8, 4) is 5.75 Å². The molecule has 1 fully saturated rings. The minimum atomic E-state index is 0.397. The number of rotatable bonds is 4. The van der Waals surface area contributed by atoms with E-state index in [2.05, 4.69) is 13.0 Å². The van der Waals surface area contributed by atoms with Crippen molar-refractivity contribution in [1.82, 2.24) is 0 Å². The zero-order valence-electron chi connectivity index (χ0n) is 10.4. The van der Waals surface area contributed by atoms with Gasteiger partial charge in [-0.05, 0) is 36.8 Å². The molecule has 0 aromatic heterocycles. The second-order valence-corrected chi connectivity index (χ2v) is 5.17. The average molecular weight is 255 g/mol. The number of ether oxygens (including phenoxy) is 2. The van der Waals surface area contributed by atoms with E-state index in [0.29, 0.717) is 17.0 Å². The lowest BCUT2D eigenvalue weighted by molar-refractivity contribution is 0.101. The molecule has 2 atom stereocenters. The highest BCUT2D eigenvalue weighted by Gasteiger charge is 2.22. The van der Waals surface area contributed by atoms with Gasteiger partial charge in [0.2, 0.25) is 0 Å². The summed E-state index contributed by atoms with van der Waals surface area (Å²) in [5.41, 5.74) is 1.17. The molecule has 1 aliphatic heterocycles. The number of hydrogen-bond donors (Lipinski definition) is 0. The van der Waals surface area contributed by atoms with E-state index in [9.17, 15) is 0 Å². The summed E-state index contributed by atoms with van der Waals surface area (Å²) in [5, 5.41) is 0.686. The molecule has 3 heteroatoms. The van der Waals surface area contributed by atoms with Gasteiger partial charge in [-0.2, -0.15) is 0 Å². The van der Waals surface area contributed by atoms with Crippen molar-refractivity contribution >= 4 is 11.6 Å². The van der Waals surface area contributed by atoms with Crippen molar-refractivity contribution in [3.63, 3.8) is 0 Å². The fourth-order valence-electron chi connectivity index (χ4n) is 2.38. The molecule has 0 aliphatic carbocycles. The van der Waals surface area contributed by atoms with E-state index in [1.54, 1.807) is 7.11 Å². The molecule has 0 bridgehead atoms. The van der Waals surface area contributed by atoms with E-state index >= 15 is 0 Å². The fraction of sp³-hybridized carbons (Fsp3) is 0.571. The molecule has 1 aliphatic rings. The van der Waals surface area contributed by atoms with Crippen LogP contribution >= 0.6 is 11.6 Å². The molecule has 94 valence electrons. The van der Waals surface area contributed by atoms with Gasteiger partial charge in [0.1, 0.15) is 5.75 Å². The van der Waals surface area contributed by atoms with Crippen LogP contribution in [0.1, 0.15) is 25.3 Å². The van der Waals surface area contributed by atoms with Gasteiger partial charge in [0, 0.05) is 6.61 Å². The summed E-state index contributed by atoms with van der Waals surface area (Å²) in [6.07, 6.45) is 3.57. The van der Waals surface area contributed by atoms with E-state index in [1.165, 1.54) is 12.0 Å². The van der Waals surface area contributed by atoms with Gasteiger partial charge in [-0.25, -0.2) is 0 Å². The Bertz CT molecular complexity index is 378. The maximum atomic E-state index is 6.09. The second kappa shape index (κ2) is 5.74. The SMILES string of the molecule is COc1c(Cl)cccc1CCC1C[C@@H](C)CO1. The third kappa shape index (κ3) is 3.14. The van der Waals surface area contributed by atoms with Crippen molar-refractivity contribution < 1.29 is 9.47 Å². The quantitative estimate of drug-likeness (QED) is 0.816. The summed E-state index contributed by atoms with van der Waals surface area (Å²) < 4.78 is 11.1. The first-order valence-corrected chi connectivity index (χ1v) is 6.51. The Kier molecular flexibility index (Phi) is 4.30. The molecule has 1 saturated heterocycles. The average Bonchev–Trinajstić information content (AvgIpc) is 2.72. The van der Waals surface area contributed by atoms with Crippen LogP contribution in [-0.4, -0.2) is 19.8 Å². The van der Waals surface area contributed by atoms with Crippen molar-refractivity contribution in [1.29, 1.82) is 0 Å². The minimum absolute atomic E-state index is 0.397. The lowest BCUT2D eigenvalue weighted by atomic mass is 10.0. The van der Waals surface area contributed by atoms with E-state index in [-0.39, 0.29) is 0 Å². The largest absolute Gasteiger partial charge is 0.495 e. The van der Waals surface area contributed by atoms with Gasteiger partial charge < -0.3 is 9.47 Å². The Hall–Kier alpha value is -0.730. The Morgan fingerprint density at radius 2 is 2.29 bits per heavy atom. The third-order valence-corrected chi connectivity index (χ3v) is 3.57.